The van der Waals surface area contributed by atoms with Crippen LogP contribution in [0.3, 0.4) is 0 Å². The standard InChI is InChI=1S/C21H28N6.C5H10O/c1-3-23-15-21(25-22)20-8-7-19(14-17(20)2)27-12-10-26(11-13-27)16-18-6-4-5-9-24-18;1-2-4-6-5-3-1/h4-9,14-15H,3,10-13,16,22H2,1-2H3;1-5H2/b23-15?,25-21+;. The zero-order valence-corrected chi connectivity index (χ0v) is 20.1. The monoisotopic (exact) mass is 450 g/mol. The first-order valence-corrected chi connectivity index (χ1v) is 12.0. The predicted octanol–water partition coefficient (Wildman–Crippen LogP) is 3.65. The van der Waals surface area contributed by atoms with E-state index < -0.39 is 0 Å². The lowest BCUT2D eigenvalue weighted by Crippen LogP contribution is -2.46. The maximum Gasteiger partial charge on any atom is 0.108 e. The second-order valence-electron chi connectivity index (χ2n) is 8.40. The highest BCUT2D eigenvalue weighted by molar-refractivity contribution is 6.38. The van der Waals surface area contributed by atoms with Gasteiger partial charge in [0.25, 0.3) is 0 Å². The number of piperazine rings is 1. The molecule has 7 nitrogen and oxygen atoms in total. The molecule has 178 valence electrons. The Balaban J connectivity index is 0.000000442. The molecule has 0 atom stereocenters. The van der Waals surface area contributed by atoms with Gasteiger partial charge in [-0.1, -0.05) is 12.1 Å². The lowest BCUT2D eigenvalue weighted by molar-refractivity contribution is 0.0968. The molecular weight excluding hydrogens is 412 g/mol. The van der Waals surface area contributed by atoms with Crippen molar-refractivity contribution in [2.45, 2.75) is 39.7 Å². The fraction of sp³-hybridized carbons (Fsp3) is 0.500. The summed E-state index contributed by atoms with van der Waals surface area (Å²) in [6.45, 7) is 11.8. The third-order valence-corrected chi connectivity index (χ3v) is 5.95. The topological polar surface area (TPSA) is 79.3 Å². The molecule has 2 N–H and O–H groups in total. The van der Waals surface area contributed by atoms with Crippen molar-refractivity contribution in [3.05, 3.63) is 59.4 Å². The largest absolute Gasteiger partial charge is 0.381 e. The molecule has 2 saturated heterocycles. The van der Waals surface area contributed by atoms with Crippen LogP contribution in [0, 0.1) is 6.92 Å². The highest BCUT2D eigenvalue weighted by Crippen LogP contribution is 2.21. The number of hydrazone groups is 1. The van der Waals surface area contributed by atoms with Gasteiger partial charge in [-0.25, -0.2) is 0 Å². The van der Waals surface area contributed by atoms with Gasteiger partial charge < -0.3 is 15.5 Å². The van der Waals surface area contributed by atoms with Crippen LogP contribution < -0.4 is 10.7 Å². The maximum absolute atomic E-state index is 5.55. The Morgan fingerprint density at radius 3 is 2.42 bits per heavy atom. The molecule has 1 aromatic carbocycles. The van der Waals surface area contributed by atoms with Gasteiger partial charge in [0.15, 0.2) is 0 Å². The number of aromatic nitrogens is 1. The number of aliphatic imine (C=N–C) groups is 1. The fourth-order valence-electron chi connectivity index (χ4n) is 4.05. The zero-order valence-electron chi connectivity index (χ0n) is 20.1. The number of rotatable bonds is 6. The van der Waals surface area contributed by atoms with Gasteiger partial charge in [0.2, 0.25) is 0 Å². The van der Waals surface area contributed by atoms with Gasteiger partial charge in [0.05, 0.1) is 5.69 Å². The van der Waals surface area contributed by atoms with Crippen molar-refractivity contribution in [1.82, 2.24) is 9.88 Å². The second-order valence-corrected chi connectivity index (χ2v) is 8.40. The highest BCUT2D eigenvalue weighted by atomic mass is 16.5. The molecule has 4 rings (SSSR count). The lowest BCUT2D eigenvalue weighted by Gasteiger charge is -2.36. The summed E-state index contributed by atoms with van der Waals surface area (Å²) in [7, 11) is 0. The average Bonchev–Trinajstić information content (AvgIpc) is 2.88. The molecule has 0 aliphatic carbocycles. The van der Waals surface area contributed by atoms with Crippen molar-refractivity contribution in [2.24, 2.45) is 15.9 Å². The van der Waals surface area contributed by atoms with Crippen LogP contribution in [0.25, 0.3) is 0 Å². The Morgan fingerprint density at radius 1 is 1.09 bits per heavy atom. The van der Waals surface area contributed by atoms with Crippen molar-refractivity contribution < 1.29 is 4.74 Å². The van der Waals surface area contributed by atoms with Gasteiger partial charge >= 0.3 is 0 Å². The van der Waals surface area contributed by atoms with Gasteiger partial charge in [0, 0.05) is 76.1 Å². The lowest BCUT2D eigenvalue weighted by atomic mass is 10.0. The number of benzene rings is 1. The maximum atomic E-state index is 5.55. The first-order valence-electron chi connectivity index (χ1n) is 12.0. The van der Waals surface area contributed by atoms with Crippen molar-refractivity contribution >= 4 is 17.6 Å². The van der Waals surface area contributed by atoms with E-state index in [4.69, 9.17) is 10.6 Å². The van der Waals surface area contributed by atoms with E-state index >= 15 is 0 Å². The van der Waals surface area contributed by atoms with Gasteiger partial charge in [-0.3, -0.25) is 14.9 Å². The fourth-order valence-corrected chi connectivity index (χ4v) is 4.05. The summed E-state index contributed by atoms with van der Waals surface area (Å²) in [5.74, 6) is 5.55. The number of nitrogens with two attached hydrogens (primary N) is 1. The van der Waals surface area contributed by atoms with E-state index in [1.807, 2.05) is 25.3 Å². The molecule has 0 saturated carbocycles. The minimum Gasteiger partial charge on any atom is -0.381 e. The van der Waals surface area contributed by atoms with Crippen LogP contribution in [-0.4, -0.2) is 67.7 Å². The van der Waals surface area contributed by atoms with E-state index in [0.29, 0.717) is 0 Å². The third kappa shape index (κ3) is 7.94. The summed E-state index contributed by atoms with van der Waals surface area (Å²) in [5, 5.41) is 3.89. The quantitative estimate of drug-likeness (QED) is 0.413. The number of hydrogen-bond acceptors (Lipinski definition) is 7. The number of pyridine rings is 1. The van der Waals surface area contributed by atoms with Gasteiger partial charge in [-0.15, -0.1) is 0 Å². The summed E-state index contributed by atoms with van der Waals surface area (Å²) in [4.78, 5) is 13.6. The van der Waals surface area contributed by atoms with Gasteiger partial charge in [0.1, 0.15) is 5.71 Å². The van der Waals surface area contributed by atoms with Crippen LogP contribution in [0.2, 0.25) is 0 Å². The van der Waals surface area contributed by atoms with E-state index in [1.54, 1.807) is 6.21 Å². The number of nitrogens with zero attached hydrogens (tertiary/aromatic N) is 5. The van der Waals surface area contributed by atoms with Gasteiger partial charge in [-0.05, 0) is 62.9 Å². The van der Waals surface area contributed by atoms with Crippen LogP contribution in [0.15, 0.2) is 52.7 Å². The molecule has 0 amide bonds. The molecule has 0 bridgehead atoms. The molecule has 0 spiro atoms. The second kappa shape index (κ2) is 13.7. The van der Waals surface area contributed by atoms with Crippen molar-refractivity contribution in [2.75, 3.05) is 50.8 Å². The summed E-state index contributed by atoms with van der Waals surface area (Å²) in [6.07, 6.45) is 7.54. The van der Waals surface area contributed by atoms with E-state index in [9.17, 15) is 0 Å². The van der Waals surface area contributed by atoms with E-state index in [2.05, 4.69) is 56.1 Å². The molecule has 1 aromatic heterocycles. The molecule has 2 aromatic rings. The van der Waals surface area contributed by atoms with E-state index in [0.717, 1.165) is 75.0 Å². The average molecular weight is 451 g/mol. The molecule has 2 fully saturated rings. The first-order chi connectivity index (χ1) is 16.2. The molecule has 3 heterocycles. The van der Waals surface area contributed by atoms with Crippen molar-refractivity contribution in [1.29, 1.82) is 0 Å². The Bertz CT molecular complexity index is 875. The van der Waals surface area contributed by atoms with Crippen molar-refractivity contribution in [3.8, 4) is 0 Å². The normalized spacial score (nSPS) is 17.6. The highest BCUT2D eigenvalue weighted by Gasteiger charge is 2.18. The molecule has 33 heavy (non-hydrogen) atoms. The Kier molecular flexibility index (Phi) is 10.3. The van der Waals surface area contributed by atoms with E-state index in [-0.39, 0.29) is 0 Å². The zero-order chi connectivity index (χ0) is 23.3. The minimum absolute atomic E-state index is 0.721. The Labute approximate surface area is 198 Å². The van der Waals surface area contributed by atoms with Crippen LogP contribution in [0.1, 0.15) is 43.0 Å². The minimum atomic E-state index is 0.721. The smallest absolute Gasteiger partial charge is 0.108 e. The Morgan fingerprint density at radius 2 is 1.88 bits per heavy atom. The third-order valence-electron chi connectivity index (χ3n) is 5.95. The van der Waals surface area contributed by atoms with Gasteiger partial charge in [-0.2, -0.15) is 5.10 Å². The summed E-state index contributed by atoms with van der Waals surface area (Å²) >= 11 is 0. The summed E-state index contributed by atoms with van der Waals surface area (Å²) in [6, 6.07) is 12.6. The number of aryl methyl sites for hydroxylation is 1. The molecule has 0 radical (unpaired) electrons. The summed E-state index contributed by atoms with van der Waals surface area (Å²) in [5.41, 5.74) is 5.30. The molecular formula is C26H38N6O. The molecule has 2 aliphatic rings. The number of anilines is 1. The SMILES string of the molecule is C1CCOCC1.CCN=C/C(=N\N)c1ccc(N2CCN(Cc3ccccn3)CC2)cc1C. The van der Waals surface area contributed by atoms with E-state index in [1.165, 1.54) is 24.9 Å². The predicted molar refractivity (Wildman–Crippen MR) is 137 cm³/mol. The molecule has 0 unspecified atom stereocenters. The van der Waals surface area contributed by atoms with Crippen LogP contribution in [0.4, 0.5) is 5.69 Å². The molecule has 2 aliphatic heterocycles. The van der Waals surface area contributed by atoms with Crippen LogP contribution in [-0.2, 0) is 11.3 Å². The number of ether oxygens (including phenoxy) is 1. The Hall–Kier alpha value is -2.77. The number of hydrogen-bond donors (Lipinski definition) is 1. The first kappa shape index (κ1) is 24.9. The summed E-state index contributed by atoms with van der Waals surface area (Å²) < 4.78 is 5.07. The molecule has 7 heteroatoms. The van der Waals surface area contributed by atoms with Crippen molar-refractivity contribution in [3.63, 3.8) is 0 Å². The van der Waals surface area contributed by atoms with Crippen LogP contribution >= 0.6 is 0 Å². The van der Waals surface area contributed by atoms with Crippen LogP contribution in [0.5, 0.6) is 0 Å².